The van der Waals surface area contributed by atoms with E-state index in [0.717, 1.165) is 17.2 Å². The van der Waals surface area contributed by atoms with Crippen LogP contribution in [0.3, 0.4) is 0 Å². The quantitative estimate of drug-likeness (QED) is 0.683. The van der Waals surface area contributed by atoms with Crippen LogP contribution in [0, 0.1) is 0 Å². The van der Waals surface area contributed by atoms with Crippen LogP contribution in [-0.2, 0) is 11.5 Å². The average molecular weight is 194 g/mol. The van der Waals surface area contributed by atoms with Crippen LogP contribution < -0.4 is 0 Å². The van der Waals surface area contributed by atoms with E-state index in [4.69, 9.17) is 0 Å². The molecule has 0 amide bonds. The Hall–Kier alpha value is -1.37. The lowest BCUT2D eigenvalue weighted by molar-refractivity contribution is 0.881. The Labute approximate surface area is 77.5 Å². The van der Waals surface area contributed by atoms with E-state index in [2.05, 4.69) is 30.8 Å². The molecule has 66 valence electrons. The third-order valence-corrected chi connectivity index (χ3v) is 3.00. The zero-order valence-electron chi connectivity index (χ0n) is 6.61. The SMILES string of the molecule is C1SCc2c(-c3nnn[nH]3)n[nH]c21. The molecule has 2 aromatic rings. The summed E-state index contributed by atoms with van der Waals surface area (Å²) >= 11 is 1.87. The molecule has 0 radical (unpaired) electrons. The van der Waals surface area contributed by atoms with Gasteiger partial charge in [-0.3, -0.25) is 5.10 Å². The molecule has 0 atom stereocenters. The van der Waals surface area contributed by atoms with Crippen LogP contribution in [0.15, 0.2) is 0 Å². The fraction of sp³-hybridized carbons (Fsp3) is 0.333. The highest BCUT2D eigenvalue weighted by atomic mass is 32.2. The number of rotatable bonds is 1. The molecule has 0 saturated heterocycles. The van der Waals surface area contributed by atoms with Gasteiger partial charge in [0.2, 0.25) is 0 Å². The third-order valence-electron chi connectivity index (χ3n) is 2.02. The van der Waals surface area contributed by atoms with Gasteiger partial charge in [0.1, 0.15) is 5.69 Å². The molecular weight excluding hydrogens is 188 g/mol. The number of thioether (sulfide) groups is 1. The average Bonchev–Trinajstić information content (AvgIpc) is 2.79. The first kappa shape index (κ1) is 7.07. The van der Waals surface area contributed by atoms with E-state index >= 15 is 0 Å². The van der Waals surface area contributed by atoms with Gasteiger partial charge in [-0.25, -0.2) is 5.10 Å². The number of nitrogens with zero attached hydrogens (tertiary/aromatic N) is 4. The number of hydrogen-bond acceptors (Lipinski definition) is 5. The summed E-state index contributed by atoms with van der Waals surface area (Å²) in [5.41, 5.74) is 3.27. The molecule has 13 heavy (non-hydrogen) atoms. The molecular formula is C6H6N6S. The predicted molar refractivity (Wildman–Crippen MR) is 46.8 cm³/mol. The van der Waals surface area contributed by atoms with Crippen molar-refractivity contribution in [3.8, 4) is 11.5 Å². The molecule has 0 spiro atoms. The van der Waals surface area contributed by atoms with Gasteiger partial charge in [0.15, 0.2) is 5.82 Å². The number of fused-ring (bicyclic) bond motifs is 1. The maximum Gasteiger partial charge on any atom is 0.200 e. The molecule has 7 heteroatoms. The number of nitrogens with one attached hydrogen (secondary N) is 2. The van der Waals surface area contributed by atoms with Gasteiger partial charge in [0, 0.05) is 22.8 Å². The van der Waals surface area contributed by atoms with E-state index in [1.807, 2.05) is 11.8 Å². The van der Waals surface area contributed by atoms with Gasteiger partial charge in [-0.05, 0) is 10.4 Å². The molecule has 0 saturated carbocycles. The van der Waals surface area contributed by atoms with Crippen molar-refractivity contribution >= 4 is 11.8 Å². The Kier molecular flexibility index (Phi) is 1.39. The van der Waals surface area contributed by atoms with Gasteiger partial charge in [-0.1, -0.05) is 0 Å². The molecule has 6 nitrogen and oxygen atoms in total. The summed E-state index contributed by atoms with van der Waals surface area (Å²) < 4.78 is 0. The maximum atomic E-state index is 4.17. The van der Waals surface area contributed by atoms with E-state index in [1.54, 1.807) is 0 Å². The minimum absolute atomic E-state index is 0.639. The minimum atomic E-state index is 0.639. The number of H-pyrrole nitrogens is 2. The van der Waals surface area contributed by atoms with Crippen LogP contribution in [0.5, 0.6) is 0 Å². The van der Waals surface area contributed by atoms with Crippen LogP contribution in [0.4, 0.5) is 0 Å². The monoisotopic (exact) mass is 194 g/mol. The Morgan fingerprint density at radius 3 is 3.08 bits per heavy atom. The summed E-state index contributed by atoms with van der Waals surface area (Å²) in [5.74, 6) is 2.63. The summed E-state index contributed by atoms with van der Waals surface area (Å²) in [5, 5.41) is 20.7. The molecule has 0 aromatic carbocycles. The summed E-state index contributed by atoms with van der Waals surface area (Å²) in [7, 11) is 0. The van der Waals surface area contributed by atoms with E-state index in [-0.39, 0.29) is 0 Å². The third kappa shape index (κ3) is 0.966. The van der Waals surface area contributed by atoms with E-state index in [1.165, 1.54) is 11.3 Å². The van der Waals surface area contributed by atoms with Gasteiger partial charge >= 0.3 is 0 Å². The van der Waals surface area contributed by atoms with Gasteiger partial charge < -0.3 is 0 Å². The summed E-state index contributed by atoms with van der Waals surface area (Å²) in [4.78, 5) is 0. The second kappa shape index (κ2) is 2.56. The molecule has 3 rings (SSSR count). The van der Waals surface area contributed by atoms with Crippen molar-refractivity contribution in [2.24, 2.45) is 0 Å². The maximum absolute atomic E-state index is 4.17. The fourth-order valence-corrected chi connectivity index (χ4v) is 2.45. The highest BCUT2D eigenvalue weighted by Crippen LogP contribution is 2.33. The van der Waals surface area contributed by atoms with Gasteiger partial charge in [0.05, 0.1) is 0 Å². The zero-order valence-corrected chi connectivity index (χ0v) is 7.43. The largest absolute Gasteiger partial charge is 0.281 e. The van der Waals surface area contributed by atoms with Gasteiger partial charge in [-0.15, -0.1) is 5.10 Å². The predicted octanol–water partition coefficient (Wildman–Crippen LogP) is 0.337. The van der Waals surface area contributed by atoms with Crippen molar-refractivity contribution in [3.63, 3.8) is 0 Å². The van der Waals surface area contributed by atoms with Gasteiger partial charge in [0.25, 0.3) is 0 Å². The van der Waals surface area contributed by atoms with Crippen LogP contribution in [0.2, 0.25) is 0 Å². The Morgan fingerprint density at radius 1 is 1.23 bits per heavy atom. The minimum Gasteiger partial charge on any atom is -0.281 e. The molecule has 2 N–H and O–H groups in total. The smallest absolute Gasteiger partial charge is 0.200 e. The Bertz CT molecular complexity index is 418. The van der Waals surface area contributed by atoms with Crippen LogP contribution in [0.25, 0.3) is 11.5 Å². The second-order valence-electron chi connectivity index (χ2n) is 2.77. The molecule has 1 aliphatic heterocycles. The first-order valence-electron chi connectivity index (χ1n) is 3.83. The Balaban J connectivity index is 2.16. The number of aromatic amines is 2. The van der Waals surface area contributed by atoms with Crippen LogP contribution in [-0.4, -0.2) is 30.8 Å². The molecule has 0 aliphatic carbocycles. The second-order valence-corrected chi connectivity index (χ2v) is 3.76. The van der Waals surface area contributed by atoms with Crippen molar-refractivity contribution in [1.82, 2.24) is 30.8 Å². The van der Waals surface area contributed by atoms with E-state index in [0.29, 0.717) is 5.82 Å². The highest BCUT2D eigenvalue weighted by molar-refractivity contribution is 7.98. The van der Waals surface area contributed by atoms with E-state index < -0.39 is 0 Å². The van der Waals surface area contributed by atoms with Crippen molar-refractivity contribution < 1.29 is 0 Å². The van der Waals surface area contributed by atoms with Crippen molar-refractivity contribution in [2.45, 2.75) is 11.5 Å². The zero-order chi connectivity index (χ0) is 8.67. The first-order chi connectivity index (χ1) is 6.45. The summed E-state index contributed by atoms with van der Waals surface area (Å²) in [6.07, 6.45) is 0. The van der Waals surface area contributed by atoms with Crippen molar-refractivity contribution in [1.29, 1.82) is 0 Å². The summed E-state index contributed by atoms with van der Waals surface area (Å²) in [6.45, 7) is 0. The van der Waals surface area contributed by atoms with Crippen molar-refractivity contribution in [2.75, 3.05) is 0 Å². The highest BCUT2D eigenvalue weighted by Gasteiger charge is 2.21. The van der Waals surface area contributed by atoms with Crippen LogP contribution in [0.1, 0.15) is 11.3 Å². The molecule has 3 heterocycles. The molecule has 1 aliphatic rings. The molecule has 0 unspecified atom stereocenters. The molecule has 0 bridgehead atoms. The lowest BCUT2D eigenvalue weighted by Gasteiger charge is -1.90. The fourth-order valence-electron chi connectivity index (χ4n) is 1.39. The van der Waals surface area contributed by atoms with E-state index in [9.17, 15) is 0 Å². The van der Waals surface area contributed by atoms with Crippen molar-refractivity contribution in [3.05, 3.63) is 11.3 Å². The molecule has 2 aromatic heterocycles. The van der Waals surface area contributed by atoms with Gasteiger partial charge in [-0.2, -0.15) is 16.9 Å². The number of aromatic nitrogens is 6. The topological polar surface area (TPSA) is 83.1 Å². The summed E-state index contributed by atoms with van der Waals surface area (Å²) in [6, 6.07) is 0. The lowest BCUT2D eigenvalue weighted by atomic mass is 10.2. The number of tetrazole rings is 1. The normalized spacial score (nSPS) is 14.8. The molecule has 0 fully saturated rings. The number of hydrogen-bond donors (Lipinski definition) is 2. The first-order valence-corrected chi connectivity index (χ1v) is 4.98. The standard InChI is InChI=1S/C6H6N6S/c1-3-4(2-13-1)7-8-5(3)6-9-11-12-10-6/h1-2H2,(H,7,8)(H,9,10,11,12). The Morgan fingerprint density at radius 2 is 2.23 bits per heavy atom. The van der Waals surface area contributed by atoms with Crippen LogP contribution >= 0.6 is 11.8 Å². The lowest BCUT2D eigenvalue weighted by Crippen LogP contribution is -1.85.